The quantitative estimate of drug-likeness (QED) is 0.616. The molecule has 1 fully saturated rings. The van der Waals surface area contributed by atoms with Crippen molar-refractivity contribution in [3.8, 4) is 11.5 Å². The van der Waals surface area contributed by atoms with Crippen molar-refractivity contribution in [2.45, 2.75) is 44.6 Å². The summed E-state index contributed by atoms with van der Waals surface area (Å²) in [7, 11) is 3.20. The largest absolute Gasteiger partial charge is 0.493 e. The van der Waals surface area contributed by atoms with Gasteiger partial charge in [-0.3, -0.25) is 14.4 Å². The van der Waals surface area contributed by atoms with Crippen molar-refractivity contribution in [3.63, 3.8) is 0 Å². The molecule has 1 aromatic rings. The summed E-state index contributed by atoms with van der Waals surface area (Å²) in [6.07, 6.45) is 7.12. The van der Waals surface area contributed by atoms with Gasteiger partial charge in [-0.2, -0.15) is 5.10 Å². The third-order valence-corrected chi connectivity index (χ3v) is 6.97. The van der Waals surface area contributed by atoms with E-state index in [1.165, 1.54) is 0 Å². The number of carbonyl (C=O) groups excluding carboxylic acids is 3. The number of hydrogen-bond acceptors (Lipinski definition) is 6. The Bertz CT molecular complexity index is 1010. The van der Waals surface area contributed by atoms with Crippen LogP contribution in [0.1, 0.15) is 44.1 Å². The highest BCUT2D eigenvalue weighted by Crippen LogP contribution is 2.38. The zero-order valence-electron chi connectivity index (χ0n) is 19.7. The van der Waals surface area contributed by atoms with Crippen molar-refractivity contribution in [3.05, 3.63) is 35.9 Å². The molecule has 34 heavy (non-hydrogen) atoms. The van der Waals surface area contributed by atoms with Crippen LogP contribution in [0.15, 0.2) is 35.5 Å². The summed E-state index contributed by atoms with van der Waals surface area (Å²) in [6.45, 7) is 1.06. The number of benzene rings is 1. The number of rotatable bonds is 7. The summed E-state index contributed by atoms with van der Waals surface area (Å²) >= 11 is 0. The molecule has 3 amide bonds. The second kappa shape index (κ2) is 10.3. The van der Waals surface area contributed by atoms with Crippen LogP contribution in [0.5, 0.6) is 11.5 Å². The molecule has 2 atom stereocenters. The van der Waals surface area contributed by atoms with Gasteiger partial charge in [0.15, 0.2) is 11.5 Å². The number of ether oxygens (including phenoxy) is 2. The molecule has 2 heterocycles. The Labute approximate surface area is 199 Å². The van der Waals surface area contributed by atoms with E-state index < -0.39 is 5.91 Å². The molecule has 9 heteroatoms. The summed E-state index contributed by atoms with van der Waals surface area (Å²) in [6, 6.07) is 5.67. The molecule has 1 aliphatic carbocycles. The Morgan fingerprint density at radius 3 is 2.35 bits per heavy atom. The number of likely N-dealkylation sites (tertiary alicyclic amines) is 1. The molecule has 182 valence electrons. The van der Waals surface area contributed by atoms with E-state index in [4.69, 9.17) is 20.3 Å². The third kappa shape index (κ3) is 4.78. The van der Waals surface area contributed by atoms with Crippen LogP contribution < -0.4 is 15.2 Å². The van der Waals surface area contributed by atoms with Gasteiger partial charge in [0.05, 0.1) is 31.9 Å². The van der Waals surface area contributed by atoms with Crippen molar-refractivity contribution in [1.29, 1.82) is 0 Å². The second-order valence-electron chi connectivity index (χ2n) is 8.97. The molecular weight excluding hydrogens is 436 g/mol. The van der Waals surface area contributed by atoms with E-state index in [0.29, 0.717) is 43.9 Å². The fraction of sp³-hybridized carbons (Fsp3) is 0.520. The number of carbonyl (C=O) groups is 3. The highest BCUT2D eigenvalue weighted by Gasteiger charge is 2.43. The van der Waals surface area contributed by atoms with Gasteiger partial charge in [0.25, 0.3) is 0 Å². The molecule has 0 unspecified atom stereocenters. The predicted octanol–water partition coefficient (Wildman–Crippen LogP) is 2.09. The first-order valence-corrected chi connectivity index (χ1v) is 11.8. The highest BCUT2D eigenvalue weighted by molar-refractivity contribution is 6.07. The minimum atomic E-state index is -0.477. The average Bonchev–Trinajstić information content (AvgIpc) is 2.87. The number of primary amides is 1. The molecule has 1 saturated heterocycles. The van der Waals surface area contributed by atoms with Crippen LogP contribution in [0.25, 0.3) is 0 Å². The summed E-state index contributed by atoms with van der Waals surface area (Å²) in [5.41, 5.74) is 6.97. The van der Waals surface area contributed by atoms with Crippen LogP contribution in [-0.2, 0) is 14.4 Å². The van der Waals surface area contributed by atoms with Crippen molar-refractivity contribution >= 4 is 23.4 Å². The summed E-state index contributed by atoms with van der Waals surface area (Å²) < 4.78 is 10.9. The monoisotopic (exact) mass is 468 g/mol. The number of nitrogens with two attached hydrogens (primary N) is 1. The van der Waals surface area contributed by atoms with Crippen LogP contribution in [0.2, 0.25) is 0 Å². The molecule has 4 rings (SSSR count). The Hall–Kier alpha value is -3.36. The van der Waals surface area contributed by atoms with Crippen LogP contribution >= 0.6 is 0 Å². The Kier molecular flexibility index (Phi) is 7.19. The first-order chi connectivity index (χ1) is 16.4. The fourth-order valence-corrected chi connectivity index (χ4v) is 5.08. The van der Waals surface area contributed by atoms with Gasteiger partial charge in [0.1, 0.15) is 0 Å². The smallest absolute Gasteiger partial charge is 0.247 e. The van der Waals surface area contributed by atoms with Gasteiger partial charge in [-0.05, 0) is 43.9 Å². The van der Waals surface area contributed by atoms with Crippen LogP contribution in [0, 0.1) is 11.8 Å². The summed E-state index contributed by atoms with van der Waals surface area (Å²) in [5, 5.41) is 6.57. The van der Waals surface area contributed by atoms with Crippen LogP contribution in [0.4, 0.5) is 0 Å². The van der Waals surface area contributed by atoms with E-state index >= 15 is 0 Å². The number of fused-ring (bicyclic) bond motifs is 1. The fourth-order valence-electron chi connectivity index (χ4n) is 5.08. The van der Waals surface area contributed by atoms with Crippen molar-refractivity contribution in [1.82, 2.24) is 9.91 Å². The van der Waals surface area contributed by atoms with E-state index in [-0.39, 0.29) is 42.5 Å². The maximum Gasteiger partial charge on any atom is 0.247 e. The molecule has 0 aromatic heterocycles. The van der Waals surface area contributed by atoms with Crippen molar-refractivity contribution < 1.29 is 23.9 Å². The molecule has 1 aromatic carbocycles. The molecule has 0 bridgehead atoms. The van der Waals surface area contributed by atoms with Crippen LogP contribution in [-0.4, -0.2) is 66.7 Å². The SMILES string of the molecule is COc1ccc(C2=NN(C3CCN(C(=O)CCC(N)=O)CC3)C(=O)[C@@H]3CC=CC[C@H]23)cc1OC. The van der Waals surface area contributed by atoms with Gasteiger partial charge in [0.2, 0.25) is 17.7 Å². The predicted molar refractivity (Wildman–Crippen MR) is 126 cm³/mol. The first-order valence-electron chi connectivity index (χ1n) is 11.8. The van der Waals surface area contributed by atoms with E-state index in [1.807, 2.05) is 18.2 Å². The second-order valence-corrected chi connectivity index (χ2v) is 8.97. The van der Waals surface area contributed by atoms with Gasteiger partial charge >= 0.3 is 0 Å². The molecule has 2 N–H and O–H groups in total. The minimum absolute atomic E-state index is 0.0160. The van der Waals surface area contributed by atoms with Gasteiger partial charge < -0.3 is 20.1 Å². The van der Waals surface area contributed by atoms with Crippen molar-refractivity contribution in [2.24, 2.45) is 22.7 Å². The number of hydrazone groups is 1. The van der Waals surface area contributed by atoms with Crippen LogP contribution in [0.3, 0.4) is 0 Å². The van der Waals surface area contributed by atoms with E-state index in [0.717, 1.165) is 17.7 Å². The molecule has 0 spiro atoms. The molecule has 2 aliphatic heterocycles. The number of nitrogens with zero attached hydrogens (tertiary/aromatic N) is 3. The van der Waals surface area contributed by atoms with Gasteiger partial charge in [0, 0.05) is 37.4 Å². The van der Waals surface area contributed by atoms with Gasteiger partial charge in [-0.25, -0.2) is 5.01 Å². The maximum absolute atomic E-state index is 13.5. The van der Waals surface area contributed by atoms with E-state index in [9.17, 15) is 14.4 Å². The molecule has 0 radical (unpaired) electrons. The lowest BCUT2D eigenvalue weighted by molar-refractivity contribution is -0.142. The minimum Gasteiger partial charge on any atom is -0.493 e. The standard InChI is InChI=1S/C25H32N4O5/c1-33-20-8-7-16(15-21(20)34-2)24-18-5-3-4-6-19(18)25(32)29(27-24)17-11-13-28(14-12-17)23(31)10-9-22(26)30/h3-4,7-8,15,17-19H,5-6,9-14H2,1-2H3,(H2,26,30)/t18-,19+/m0/s1. The lowest BCUT2D eigenvalue weighted by Gasteiger charge is -2.42. The third-order valence-electron chi connectivity index (χ3n) is 6.97. The first kappa shape index (κ1) is 23.8. The average molecular weight is 469 g/mol. The topological polar surface area (TPSA) is 115 Å². The van der Waals surface area contributed by atoms with Gasteiger partial charge in [-0.1, -0.05) is 12.2 Å². The zero-order valence-corrected chi connectivity index (χ0v) is 19.7. The van der Waals surface area contributed by atoms with E-state index in [1.54, 1.807) is 24.1 Å². The number of methoxy groups -OCH3 is 2. The highest BCUT2D eigenvalue weighted by atomic mass is 16.5. The van der Waals surface area contributed by atoms with E-state index in [2.05, 4.69) is 12.2 Å². The number of allylic oxidation sites excluding steroid dienone is 2. The van der Waals surface area contributed by atoms with Gasteiger partial charge in [-0.15, -0.1) is 0 Å². The summed E-state index contributed by atoms with van der Waals surface area (Å²) in [4.78, 5) is 38.6. The van der Waals surface area contributed by atoms with Crippen molar-refractivity contribution in [2.75, 3.05) is 27.3 Å². The zero-order chi connectivity index (χ0) is 24.2. The lowest BCUT2D eigenvalue weighted by atomic mass is 9.76. The summed E-state index contributed by atoms with van der Waals surface area (Å²) in [5.74, 6) is 0.630. The Morgan fingerprint density at radius 2 is 1.71 bits per heavy atom. The maximum atomic E-state index is 13.5. The number of hydrogen-bond donors (Lipinski definition) is 1. The number of amides is 3. The Balaban J connectivity index is 1.56. The molecular formula is C25H32N4O5. The normalized spacial score (nSPS) is 22.8. The lowest BCUT2D eigenvalue weighted by Crippen LogP contribution is -2.52. The molecule has 3 aliphatic rings. The molecule has 0 saturated carbocycles. The molecule has 9 nitrogen and oxygen atoms in total. The Morgan fingerprint density at radius 1 is 1.03 bits per heavy atom. The number of piperidine rings is 1.